The number of hydrogen-bond donors (Lipinski definition) is 1. The molecule has 2 aromatic heterocycles. The van der Waals surface area contributed by atoms with Gasteiger partial charge in [-0.15, -0.1) is 5.10 Å². The van der Waals surface area contributed by atoms with E-state index >= 15 is 0 Å². The number of ether oxygens (including phenoxy) is 1. The van der Waals surface area contributed by atoms with Crippen LogP contribution >= 0.6 is 0 Å². The molecule has 4 rings (SSSR count). The van der Waals surface area contributed by atoms with Gasteiger partial charge in [0.05, 0.1) is 16.9 Å². The summed E-state index contributed by atoms with van der Waals surface area (Å²) in [5.41, 5.74) is 1.21. The van der Waals surface area contributed by atoms with Crippen LogP contribution in [0.15, 0.2) is 54.7 Å². The molecule has 0 spiro atoms. The fourth-order valence-corrected chi connectivity index (χ4v) is 3.17. The zero-order valence-corrected chi connectivity index (χ0v) is 16.3. The molecule has 0 radical (unpaired) electrons. The van der Waals surface area contributed by atoms with Crippen molar-refractivity contribution in [3.05, 3.63) is 71.7 Å². The number of alkyl halides is 3. The monoisotopic (exact) mass is 430 g/mol. The molecule has 0 bridgehead atoms. The summed E-state index contributed by atoms with van der Waals surface area (Å²) in [6.07, 6.45) is -2.76. The number of carboxylic acid groups (broad SMARTS) is 1. The van der Waals surface area contributed by atoms with Crippen molar-refractivity contribution in [1.29, 1.82) is 0 Å². The van der Waals surface area contributed by atoms with Crippen molar-refractivity contribution in [2.45, 2.75) is 26.3 Å². The molecule has 0 amide bonds. The van der Waals surface area contributed by atoms with Crippen molar-refractivity contribution in [1.82, 2.24) is 19.6 Å². The van der Waals surface area contributed by atoms with E-state index < -0.39 is 17.7 Å². The first-order valence-electron chi connectivity index (χ1n) is 9.24. The molecule has 0 saturated heterocycles. The second-order valence-electron chi connectivity index (χ2n) is 6.92. The summed E-state index contributed by atoms with van der Waals surface area (Å²) < 4.78 is 46.2. The number of aliphatic carboxylic acids is 1. The fraction of sp³-hybridized carbons (Fsp3) is 0.190. The van der Waals surface area contributed by atoms with Crippen molar-refractivity contribution in [3.63, 3.8) is 0 Å². The maximum atomic E-state index is 13.0. The van der Waals surface area contributed by atoms with Gasteiger partial charge in [0.15, 0.2) is 0 Å². The molecule has 0 fully saturated rings. The lowest BCUT2D eigenvalue weighted by molar-refractivity contribution is -0.138. The second-order valence-corrected chi connectivity index (χ2v) is 6.92. The lowest BCUT2D eigenvalue weighted by Gasteiger charge is -2.08. The quantitative estimate of drug-likeness (QED) is 0.496. The van der Waals surface area contributed by atoms with E-state index in [4.69, 9.17) is 9.84 Å². The molecule has 0 aliphatic heterocycles. The molecule has 2 aromatic carbocycles. The highest BCUT2D eigenvalue weighted by Crippen LogP contribution is 2.30. The third-order valence-corrected chi connectivity index (χ3v) is 4.71. The van der Waals surface area contributed by atoms with Gasteiger partial charge in [-0.25, -0.2) is 0 Å². The highest BCUT2D eigenvalue weighted by atomic mass is 19.4. The molecule has 1 N–H and O–H groups in total. The van der Waals surface area contributed by atoms with Gasteiger partial charge in [0.25, 0.3) is 0 Å². The van der Waals surface area contributed by atoms with Gasteiger partial charge in [-0.2, -0.15) is 23.1 Å². The summed E-state index contributed by atoms with van der Waals surface area (Å²) in [6, 6.07) is 11.8. The number of hydrogen-bond acceptors (Lipinski definition) is 4. The highest BCUT2D eigenvalue weighted by molar-refractivity contribution is 5.83. The first-order valence-corrected chi connectivity index (χ1v) is 9.24. The van der Waals surface area contributed by atoms with E-state index in [-0.39, 0.29) is 18.8 Å². The van der Waals surface area contributed by atoms with Crippen LogP contribution in [0.1, 0.15) is 17.0 Å². The Kier molecular flexibility index (Phi) is 5.14. The zero-order chi connectivity index (χ0) is 22.2. The van der Waals surface area contributed by atoms with Crippen LogP contribution in [-0.2, 0) is 24.1 Å². The molecule has 0 saturated carbocycles. The van der Waals surface area contributed by atoms with Crippen molar-refractivity contribution < 1.29 is 27.8 Å². The van der Waals surface area contributed by atoms with Gasteiger partial charge in [0.2, 0.25) is 0 Å². The van der Waals surface area contributed by atoms with Gasteiger partial charge in [-0.1, -0.05) is 6.07 Å². The van der Waals surface area contributed by atoms with Crippen molar-refractivity contribution in [2.24, 2.45) is 0 Å². The Labute approximate surface area is 174 Å². The number of carboxylic acids is 1. The SMILES string of the molecule is Cc1nn(-c2cccc(C(F)(F)F)c2)nc1COc1ccc2c(ccn2CC(=O)O)c1. The molecule has 10 heteroatoms. The Bertz CT molecular complexity index is 1260. The van der Waals surface area contributed by atoms with Gasteiger partial charge in [0, 0.05) is 17.1 Å². The fourth-order valence-electron chi connectivity index (χ4n) is 3.17. The van der Waals surface area contributed by atoms with Crippen LogP contribution in [0.2, 0.25) is 0 Å². The topological polar surface area (TPSA) is 82.2 Å². The van der Waals surface area contributed by atoms with E-state index in [1.165, 1.54) is 12.1 Å². The summed E-state index contributed by atoms with van der Waals surface area (Å²) in [5, 5.41) is 18.2. The summed E-state index contributed by atoms with van der Waals surface area (Å²) in [6.45, 7) is 1.64. The molecule has 31 heavy (non-hydrogen) atoms. The predicted molar refractivity (Wildman–Crippen MR) is 105 cm³/mol. The second kappa shape index (κ2) is 7.78. The number of nitrogens with zero attached hydrogens (tertiary/aromatic N) is 4. The molecule has 0 atom stereocenters. The number of aromatic nitrogens is 4. The van der Waals surface area contributed by atoms with E-state index in [1.807, 2.05) is 0 Å². The minimum atomic E-state index is -4.45. The summed E-state index contributed by atoms with van der Waals surface area (Å²) in [5.74, 6) is -0.384. The zero-order valence-electron chi connectivity index (χ0n) is 16.3. The summed E-state index contributed by atoms with van der Waals surface area (Å²) in [7, 11) is 0. The maximum absolute atomic E-state index is 13.0. The Hall–Kier alpha value is -3.82. The number of rotatable bonds is 6. The minimum absolute atomic E-state index is 0.0755. The molecule has 0 aliphatic rings. The van der Waals surface area contributed by atoms with Crippen LogP contribution in [0.3, 0.4) is 0 Å². The van der Waals surface area contributed by atoms with E-state index in [9.17, 15) is 18.0 Å². The van der Waals surface area contributed by atoms with E-state index in [0.29, 0.717) is 17.1 Å². The lowest BCUT2D eigenvalue weighted by atomic mass is 10.2. The average molecular weight is 430 g/mol. The molecule has 0 unspecified atom stereocenters. The normalized spacial score (nSPS) is 11.7. The van der Waals surface area contributed by atoms with Gasteiger partial charge >= 0.3 is 12.1 Å². The van der Waals surface area contributed by atoms with Crippen molar-refractivity contribution >= 4 is 16.9 Å². The largest absolute Gasteiger partial charge is 0.487 e. The Morgan fingerprint density at radius 2 is 1.94 bits per heavy atom. The third-order valence-electron chi connectivity index (χ3n) is 4.71. The first-order chi connectivity index (χ1) is 14.7. The Morgan fingerprint density at radius 1 is 1.13 bits per heavy atom. The molecule has 7 nitrogen and oxygen atoms in total. The van der Waals surface area contributed by atoms with Crippen LogP contribution in [0.4, 0.5) is 13.2 Å². The van der Waals surface area contributed by atoms with E-state index in [2.05, 4.69) is 10.2 Å². The Balaban J connectivity index is 1.51. The standard InChI is InChI=1S/C21H17F3N4O3/c1-13-18(26-28(25-13)16-4-2-3-15(10-16)21(22,23)24)12-31-17-5-6-19-14(9-17)7-8-27(19)11-20(29)30/h2-10H,11-12H2,1H3,(H,29,30). The number of benzene rings is 2. The molecule has 160 valence electrons. The average Bonchev–Trinajstić information content (AvgIpc) is 3.28. The van der Waals surface area contributed by atoms with E-state index in [0.717, 1.165) is 27.8 Å². The predicted octanol–water partition coefficient (Wildman–Crippen LogP) is 4.21. The maximum Gasteiger partial charge on any atom is 0.416 e. The number of aryl methyl sites for hydroxylation is 1. The summed E-state index contributed by atoms with van der Waals surface area (Å²) >= 11 is 0. The van der Waals surface area contributed by atoms with E-state index in [1.54, 1.807) is 42.0 Å². The number of carbonyl (C=O) groups is 1. The van der Waals surface area contributed by atoms with Crippen molar-refractivity contribution in [3.8, 4) is 11.4 Å². The van der Waals surface area contributed by atoms with Gasteiger partial charge in [-0.05, 0) is 49.4 Å². The number of fused-ring (bicyclic) bond motifs is 1. The van der Waals surface area contributed by atoms with Crippen molar-refractivity contribution in [2.75, 3.05) is 0 Å². The van der Waals surface area contributed by atoms with Crippen LogP contribution in [0.5, 0.6) is 5.75 Å². The first kappa shape index (κ1) is 20.5. The molecule has 4 aromatic rings. The highest BCUT2D eigenvalue weighted by Gasteiger charge is 2.30. The smallest absolute Gasteiger partial charge is 0.416 e. The molecular formula is C21H17F3N4O3. The van der Waals surface area contributed by atoms with Gasteiger partial charge in [0.1, 0.15) is 24.6 Å². The van der Waals surface area contributed by atoms with Crippen LogP contribution in [-0.4, -0.2) is 30.6 Å². The lowest BCUT2D eigenvalue weighted by Crippen LogP contribution is -2.07. The molecule has 0 aliphatic carbocycles. The minimum Gasteiger partial charge on any atom is -0.487 e. The number of halogens is 3. The van der Waals surface area contributed by atoms with Crippen LogP contribution in [0, 0.1) is 6.92 Å². The van der Waals surface area contributed by atoms with Gasteiger partial charge < -0.3 is 14.4 Å². The third kappa shape index (κ3) is 4.37. The van der Waals surface area contributed by atoms with Crippen LogP contribution < -0.4 is 4.74 Å². The Morgan fingerprint density at radius 3 is 2.68 bits per heavy atom. The molecule has 2 heterocycles. The van der Waals surface area contributed by atoms with Crippen LogP contribution in [0.25, 0.3) is 16.6 Å². The summed E-state index contributed by atoms with van der Waals surface area (Å²) in [4.78, 5) is 12.1. The van der Waals surface area contributed by atoms with Gasteiger partial charge in [-0.3, -0.25) is 4.79 Å². The molecular weight excluding hydrogens is 413 g/mol.